The lowest BCUT2D eigenvalue weighted by molar-refractivity contribution is -0.127. The molecular formula is C10H16N4O2. The van der Waals surface area contributed by atoms with Gasteiger partial charge >= 0.3 is 0 Å². The zero-order valence-corrected chi connectivity index (χ0v) is 9.49. The monoisotopic (exact) mass is 224 g/mol. The lowest BCUT2D eigenvalue weighted by atomic mass is 9.94. The molecule has 2 rings (SSSR count). The molecule has 2 heterocycles. The van der Waals surface area contributed by atoms with E-state index in [0.29, 0.717) is 11.8 Å². The number of rotatable bonds is 2. The first-order valence-corrected chi connectivity index (χ1v) is 5.48. The molecule has 0 spiro atoms. The predicted octanol–water partition coefficient (Wildman–Crippen LogP) is 0.867. The number of nitrogens with zero attached hydrogens (tertiary/aromatic N) is 2. The van der Waals surface area contributed by atoms with Crippen LogP contribution in [0.25, 0.3) is 0 Å². The number of aromatic amines is 1. The molecule has 88 valence electrons. The Morgan fingerprint density at radius 1 is 1.62 bits per heavy atom. The lowest BCUT2D eigenvalue weighted by Gasteiger charge is -2.27. The van der Waals surface area contributed by atoms with E-state index in [-0.39, 0.29) is 17.9 Å². The molecule has 1 aromatic rings. The molecule has 6 nitrogen and oxygen atoms in total. The molecule has 2 atom stereocenters. The average Bonchev–Trinajstić information content (AvgIpc) is 2.64. The molecule has 0 aromatic carbocycles. The molecule has 0 saturated carbocycles. The molecule has 0 aliphatic carbocycles. The molecule has 1 aliphatic heterocycles. The smallest absolute Gasteiger partial charge is 0.248 e. The summed E-state index contributed by atoms with van der Waals surface area (Å²) in [5.74, 6) is 0.849. The van der Waals surface area contributed by atoms with Gasteiger partial charge in [0.25, 0.3) is 0 Å². The van der Waals surface area contributed by atoms with Crippen LogP contribution in [0.15, 0.2) is 0 Å². The van der Waals surface area contributed by atoms with Crippen LogP contribution in [-0.4, -0.2) is 33.8 Å². The van der Waals surface area contributed by atoms with E-state index in [1.165, 1.54) is 0 Å². The van der Waals surface area contributed by atoms with Crippen LogP contribution in [-0.2, 0) is 9.53 Å². The largest absolute Gasteiger partial charge is 0.378 e. The number of hydrogen-bond acceptors (Lipinski definition) is 4. The third-order valence-electron chi connectivity index (χ3n) is 2.78. The van der Waals surface area contributed by atoms with Crippen LogP contribution in [0.1, 0.15) is 25.6 Å². The first kappa shape index (κ1) is 11.1. The number of aryl methyl sites for hydroxylation is 1. The first-order chi connectivity index (χ1) is 7.66. The van der Waals surface area contributed by atoms with Gasteiger partial charge < -0.3 is 4.74 Å². The molecule has 1 fully saturated rings. The number of carbonyl (C=O) groups is 1. The number of H-pyrrole nitrogens is 1. The summed E-state index contributed by atoms with van der Waals surface area (Å²) in [4.78, 5) is 15.9. The van der Waals surface area contributed by atoms with Crippen LogP contribution >= 0.6 is 0 Å². The highest BCUT2D eigenvalue weighted by atomic mass is 16.5. The summed E-state index contributed by atoms with van der Waals surface area (Å²) >= 11 is 0. The van der Waals surface area contributed by atoms with E-state index in [2.05, 4.69) is 20.5 Å². The number of ether oxygens (including phenoxy) is 1. The van der Waals surface area contributed by atoms with Gasteiger partial charge in [-0.25, -0.2) is 0 Å². The van der Waals surface area contributed by atoms with Gasteiger partial charge in [0, 0.05) is 6.61 Å². The van der Waals surface area contributed by atoms with Crippen LogP contribution in [0.2, 0.25) is 0 Å². The molecule has 6 heteroatoms. The average molecular weight is 224 g/mol. The zero-order valence-electron chi connectivity index (χ0n) is 9.49. The molecule has 1 aliphatic rings. The first-order valence-electron chi connectivity index (χ1n) is 5.48. The van der Waals surface area contributed by atoms with E-state index in [9.17, 15) is 4.79 Å². The fraction of sp³-hybridized carbons (Fsp3) is 0.700. The number of hydrogen-bond donors (Lipinski definition) is 2. The summed E-state index contributed by atoms with van der Waals surface area (Å²) in [7, 11) is 0. The van der Waals surface area contributed by atoms with E-state index in [0.717, 1.165) is 19.4 Å². The van der Waals surface area contributed by atoms with Gasteiger partial charge in [-0.2, -0.15) is 4.98 Å². The topological polar surface area (TPSA) is 79.9 Å². The maximum absolute atomic E-state index is 11.9. The molecule has 2 unspecified atom stereocenters. The summed E-state index contributed by atoms with van der Waals surface area (Å²) in [6.07, 6.45) is 1.75. The Balaban J connectivity index is 1.96. The van der Waals surface area contributed by atoms with Crippen molar-refractivity contribution in [1.82, 2.24) is 15.2 Å². The highest BCUT2D eigenvalue weighted by Crippen LogP contribution is 2.21. The van der Waals surface area contributed by atoms with Gasteiger partial charge in [0.15, 0.2) is 0 Å². The minimum absolute atomic E-state index is 0.0335. The van der Waals surface area contributed by atoms with Gasteiger partial charge in [0.05, 0.1) is 12.0 Å². The summed E-state index contributed by atoms with van der Waals surface area (Å²) in [5, 5.41) is 9.24. The Morgan fingerprint density at radius 3 is 3.06 bits per heavy atom. The zero-order chi connectivity index (χ0) is 11.5. The Morgan fingerprint density at radius 2 is 2.44 bits per heavy atom. The van der Waals surface area contributed by atoms with Crippen LogP contribution in [0, 0.1) is 12.8 Å². The number of amides is 1. The molecule has 0 bridgehead atoms. The summed E-state index contributed by atoms with van der Waals surface area (Å²) in [6, 6.07) is 0. The third kappa shape index (κ3) is 2.38. The molecule has 2 N–H and O–H groups in total. The quantitative estimate of drug-likeness (QED) is 0.781. The van der Waals surface area contributed by atoms with Crippen molar-refractivity contribution in [3.63, 3.8) is 0 Å². The Labute approximate surface area is 93.8 Å². The number of aromatic nitrogens is 3. The van der Waals surface area contributed by atoms with Gasteiger partial charge in [-0.3, -0.25) is 15.2 Å². The molecule has 0 radical (unpaired) electrons. The minimum atomic E-state index is -0.104. The van der Waals surface area contributed by atoms with Crippen molar-refractivity contribution in [1.29, 1.82) is 0 Å². The number of nitrogens with one attached hydrogen (secondary N) is 2. The molecule has 1 saturated heterocycles. The van der Waals surface area contributed by atoms with Crippen LogP contribution in [0.4, 0.5) is 5.95 Å². The van der Waals surface area contributed by atoms with Crippen molar-refractivity contribution in [3.8, 4) is 0 Å². The predicted molar refractivity (Wildman–Crippen MR) is 57.9 cm³/mol. The standard InChI is InChI=1S/C10H16N4O2/c1-6-8(4-3-5-16-6)9(15)12-10-11-7(2)13-14-10/h6,8H,3-5H2,1-2H3,(H2,11,12,13,14,15). The van der Waals surface area contributed by atoms with E-state index in [1.807, 2.05) is 6.92 Å². The molecule has 1 aromatic heterocycles. The summed E-state index contributed by atoms with van der Waals surface area (Å²) < 4.78 is 5.45. The van der Waals surface area contributed by atoms with E-state index in [4.69, 9.17) is 4.74 Å². The van der Waals surface area contributed by atoms with Gasteiger partial charge in [-0.15, -0.1) is 5.10 Å². The van der Waals surface area contributed by atoms with Crippen molar-refractivity contribution in [2.24, 2.45) is 5.92 Å². The SMILES string of the molecule is Cc1nc(NC(=O)C2CCCOC2C)n[nH]1. The van der Waals surface area contributed by atoms with E-state index < -0.39 is 0 Å². The fourth-order valence-electron chi connectivity index (χ4n) is 1.87. The van der Waals surface area contributed by atoms with Gasteiger partial charge in [-0.1, -0.05) is 0 Å². The van der Waals surface area contributed by atoms with Crippen molar-refractivity contribution in [2.45, 2.75) is 32.8 Å². The Hall–Kier alpha value is -1.43. The summed E-state index contributed by atoms with van der Waals surface area (Å²) in [6.45, 7) is 4.45. The normalized spacial score (nSPS) is 25.4. The van der Waals surface area contributed by atoms with Crippen LogP contribution in [0.5, 0.6) is 0 Å². The van der Waals surface area contributed by atoms with Crippen LogP contribution in [0.3, 0.4) is 0 Å². The second-order valence-electron chi connectivity index (χ2n) is 4.06. The fourth-order valence-corrected chi connectivity index (χ4v) is 1.87. The van der Waals surface area contributed by atoms with Crippen molar-refractivity contribution in [2.75, 3.05) is 11.9 Å². The highest BCUT2D eigenvalue weighted by molar-refractivity contribution is 5.91. The highest BCUT2D eigenvalue weighted by Gasteiger charge is 2.29. The number of carbonyl (C=O) groups excluding carboxylic acids is 1. The third-order valence-corrected chi connectivity index (χ3v) is 2.78. The molecule has 16 heavy (non-hydrogen) atoms. The molecule has 1 amide bonds. The van der Waals surface area contributed by atoms with Crippen LogP contribution < -0.4 is 5.32 Å². The molecular weight excluding hydrogens is 208 g/mol. The van der Waals surface area contributed by atoms with Crippen molar-refractivity contribution in [3.05, 3.63) is 5.82 Å². The minimum Gasteiger partial charge on any atom is -0.378 e. The Bertz CT molecular complexity index is 377. The number of anilines is 1. The van der Waals surface area contributed by atoms with Gasteiger partial charge in [0.2, 0.25) is 11.9 Å². The van der Waals surface area contributed by atoms with Crippen molar-refractivity contribution < 1.29 is 9.53 Å². The summed E-state index contributed by atoms with van der Waals surface area (Å²) in [5.41, 5.74) is 0. The lowest BCUT2D eigenvalue weighted by Crippen LogP contribution is -2.36. The second kappa shape index (κ2) is 4.61. The second-order valence-corrected chi connectivity index (χ2v) is 4.06. The van der Waals surface area contributed by atoms with Gasteiger partial charge in [0.1, 0.15) is 5.82 Å². The van der Waals surface area contributed by atoms with Crippen molar-refractivity contribution >= 4 is 11.9 Å². The van der Waals surface area contributed by atoms with Gasteiger partial charge in [-0.05, 0) is 26.7 Å². The van der Waals surface area contributed by atoms with E-state index in [1.54, 1.807) is 6.92 Å². The van der Waals surface area contributed by atoms with E-state index >= 15 is 0 Å². The Kier molecular flexibility index (Phi) is 3.19. The maximum Gasteiger partial charge on any atom is 0.248 e. The maximum atomic E-state index is 11.9.